The van der Waals surface area contributed by atoms with Crippen LogP contribution in [0, 0.1) is 0 Å². The lowest BCUT2D eigenvalue weighted by Gasteiger charge is -2.43. The highest BCUT2D eigenvalue weighted by molar-refractivity contribution is 6.31. The van der Waals surface area contributed by atoms with Crippen LogP contribution >= 0.6 is 11.6 Å². The van der Waals surface area contributed by atoms with Crippen LogP contribution in [0.2, 0.25) is 5.02 Å². The highest BCUT2D eigenvalue weighted by atomic mass is 35.5. The highest BCUT2D eigenvalue weighted by Gasteiger charge is 2.38. The number of nitrogens with zero attached hydrogens (tertiary/aromatic N) is 2. The molecule has 0 amide bonds. The summed E-state index contributed by atoms with van der Waals surface area (Å²) in [5, 5.41) is 4.20. The molecule has 2 aromatic rings. The number of hydrogen-bond acceptors (Lipinski definition) is 5. The molecule has 2 aliphatic rings. The molecule has 2 aromatic carbocycles. The number of carbonyl (C=O) groups is 1. The number of rotatable bonds is 4. The molecule has 0 spiro atoms. The molecule has 1 fully saturated rings. The van der Waals surface area contributed by atoms with Crippen LogP contribution < -0.4 is 15.1 Å². The summed E-state index contributed by atoms with van der Waals surface area (Å²) in [6, 6.07) is 14.9. The number of para-hydroxylation sites is 1. The first-order valence-electron chi connectivity index (χ1n) is 9.88. The van der Waals surface area contributed by atoms with Crippen LogP contribution in [0.1, 0.15) is 31.4 Å². The third-order valence-electron chi connectivity index (χ3n) is 5.67. The molecule has 1 saturated heterocycles. The largest absolute Gasteiger partial charge is 0.465 e. The Bertz CT molecular complexity index is 873. The minimum atomic E-state index is -0.206. The molecule has 2 aliphatic heterocycles. The van der Waals surface area contributed by atoms with Gasteiger partial charge in [0.15, 0.2) is 0 Å². The number of esters is 1. The van der Waals surface area contributed by atoms with Crippen molar-refractivity contribution in [2.75, 3.05) is 36.5 Å². The maximum absolute atomic E-state index is 11.9. The normalized spacial score (nSPS) is 20.7. The summed E-state index contributed by atoms with van der Waals surface area (Å²) < 4.78 is 5.11. The van der Waals surface area contributed by atoms with E-state index < -0.39 is 0 Å². The first kappa shape index (κ1) is 19.1. The topological polar surface area (TPSA) is 44.8 Å². The Kier molecular flexibility index (Phi) is 5.47. The standard InChI is InChI=1S/C22H26ClN3O2/c1-3-28-21(27)14-24-17-8-6-12-26-20-13-15(23)10-11-19(20)25(2)18-9-5-4-7-16(18)22(17)26/h4-5,7,9-11,13,17,22,24H,3,6,8,12,14H2,1-2H3/t17-,22+/m0/s1. The van der Waals surface area contributed by atoms with Gasteiger partial charge in [-0.15, -0.1) is 0 Å². The van der Waals surface area contributed by atoms with Gasteiger partial charge in [-0.2, -0.15) is 0 Å². The van der Waals surface area contributed by atoms with Crippen LogP contribution in [0.5, 0.6) is 0 Å². The molecular weight excluding hydrogens is 374 g/mol. The van der Waals surface area contributed by atoms with E-state index in [0.29, 0.717) is 6.61 Å². The summed E-state index contributed by atoms with van der Waals surface area (Å²) >= 11 is 6.37. The number of benzene rings is 2. The lowest BCUT2D eigenvalue weighted by atomic mass is 9.89. The van der Waals surface area contributed by atoms with Crippen molar-refractivity contribution >= 4 is 34.6 Å². The zero-order valence-corrected chi connectivity index (χ0v) is 17.1. The monoisotopic (exact) mass is 399 g/mol. The third-order valence-corrected chi connectivity index (χ3v) is 5.91. The summed E-state index contributed by atoms with van der Waals surface area (Å²) in [7, 11) is 2.10. The maximum Gasteiger partial charge on any atom is 0.319 e. The van der Waals surface area contributed by atoms with E-state index in [9.17, 15) is 4.79 Å². The van der Waals surface area contributed by atoms with E-state index in [0.717, 1.165) is 35.8 Å². The van der Waals surface area contributed by atoms with E-state index in [2.05, 4.69) is 58.6 Å². The molecule has 6 heteroatoms. The van der Waals surface area contributed by atoms with Crippen molar-refractivity contribution in [2.45, 2.75) is 31.8 Å². The van der Waals surface area contributed by atoms with Gasteiger partial charge in [0.1, 0.15) is 0 Å². The summed E-state index contributed by atoms with van der Waals surface area (Å²) in [4.78, 5) is 16.6. The Morgan fingerprint density at radius 2 is 2.04 bits per heavy atom. The first-order chi connectivity index (χ1) is 13.6. The van der Waals surface area contributed by atoms with Crippen molar-refractivity contribution in [3.05, 3.63) is 53.1 Å². The molecule has 1 N–H and O–H groups in total. The third kappa shape index (κ3) is 3.45. The van der Waals surface area contributed by atoms with Crippen LogP contribution in [0.4, 0.5) is 17.1 Å². The Hall–Kier alpha value is -2.24. The predicted octanol–water partition coefficient (Wildman–Crippen LogP) is 4.28. The maximum atomic E-state index is 11.9. The van der Waals surface area contributed by atoms with Gasteiger partial charge in [-0.1, -0.05) is 29.8 Å². The van der Waals surface area contributed by atoms with Gasteiger partial charge >= 0.3 is 5.97 Å². The van der Waals surface area contributed by atoms with Gasteiger partial charge in [0.2, 0.25) is 0 Å². The van der Waals surface area contributed by atoms with Gasteiger partial charge in [-0.25, -0.2) is 0 Å². The quantitative estimate of drug-likeness (QED) is 0.777. The number of piperidine rings is 1. The molecule has 28 heavy (non-hydrogen) atoms. The Morgan fingerprint density at radius 1 is 1.21 bits per heavy atom. The van der Waals surface area contributed by atoms with E-state index in [-0.39, 0.29) is 24.6 Å². The number of nitrogens with one attached hydrogen (secondary N) is 1. The molecule has 0 unspecified atom stereocenters. The van der Waals surface area contributed by atoms with Crippen molar-refractivity contribution in [1.29, 1.82) is 0 Å². The van der Waals surface area contributed by atoms with Gasteiger partial charge in [-0.05, 0) is 49.6 Å². The average Bonchev–Trinajstić information content (AvgIpc) is 2.81. The second kappa shape index (κ2) is 8.02. The molecule has 2 heterocycles. The SMILES string of the molecule is CCOC(=O)CN[C@H]1CCCN2c3cc(Cl)ccc3N(C)c3ccccc3[C@H]12. The van der Waals surface area contributed by atoms with Gasteiger partial charge in [0.05, 0.1) is 30.6 Å². The van der Waals surface area contributed by atoms with E-state index in [4.69, 9.17) is 16.3 Å². The molecule has 0 saturated carbocycles. The van der Waals surface area contributed by atoms with Crippen LogP contribution in [0.15, 0.2) is 42.5 Å². The molecule has 4 rings (SSSR count). The number of ether oxygens (including phenoxy) is 1. The summed E-state index contributed by atoms with van der Waals surface area (Å²) in [6.45, 7) is 3.42. The lowest BCUT2D eigenvalue weighted by Crippen LogP contribution is -2.49. The Morgan fingerprint density at radius 3 is 2.86 bits per heavy atom. The molecule has 0 aromatic heterocycles. The van der Waals surface area contributed by atoms with Crippen LogP contribution in [0.25, 0.3) is 0 Å². The van der Waals surface area contributed by atoms with Crippen LogP contribution in [0.3, 0.4) is 0 Å². The van der Waals surface area contributed by atoms with Gasteiger partial charge in [0, 0.05) is 30.3 Å². The van der Waals surface area contributed by atoms with Crippen molar-refractivity contribution in [3.63, 3.8) is 0 Å². The number of fused-ring (bicyclic) bond motifs is 5. The van der Waals surface area contributed by atoms with E-state index in [1.54, 1.807) is 0 Å². The predicted molar refractivity (Wildman–Crippen MR) is 114 cm³/mol. The van der Waals surface area contributed by atoms with Crippen LogP contribution in [-0.2, 0) is 9.53 Å². The summed E-state index contributed by atoms with van der Waals surface area (Å²) in [5.74, 6) is -0.206. The van der Waals surface area contributed by atoms with Crippen LogP contribution in [-0.4, -0.2) is 38.8 Å². The fourth-order valence-corrected chi connectivity index (χ4v) is 4.64. The van der Waals surface area contributed by atoms with Gasteiger partial charge in [-0.3, -0.25) is 4.79 Å². The minimum absolute atomic E-state index is 0.126. The zero-order valence-electron chi connectivity index (χ0n) is 16.3. The molecule has 2 atom stereocenters. The van der Waals surface area contributed by atoms with Gasteiger partial charge < -0.3 is 19.9 Å². The fourth-order valence-electron chi connectivity index (χ4n) is 4.47. The number of carbonyl (C=O) groups excluding carboxylic acids is 1. The number of hydrogen-bond donors (Lipinski definition) is 1. The number of anilines is 3. The summed E-state index contributed by atoms with van der Waals surface area (Å²) in [5.41, 5.74) is 4.73. The smallest absolute Gasteiger partial charge is 0.319 e. The molecule has 5 nitrogen and oxygen atoms in total. The fraction of sp³-hybridized carbons (Fsp3) is 0.409. The molecule has 0 bridgehead atoms. The molecule has 148 valence electrons. The molecular formula is C22H26ClN3O2. The van der Waals surface area contributed by atoms with E-state index in [1.807, 2.05) is 13.0 Å². The second-order valence-electron chi connectivity index (χ2n) is 7.32. The van der Waals surface area contributed by atoms with Crippen molar-refractivity contribution in [2.24, 2.45) is 0 Å². The minimum Gasteiger partial charge on any atom is -0.465 e. The second-order valence-corrected chi connectivity index (χ2v) is 7.76. The van der Waals surface area contributed by atoms with E-state index in [1.165, 1.54) is 11.3 Å². The van der Waals surface area contributed by atoms with Crippen molar-refractivity contribution in [3.8, 4) is 0 Å². The van der Waals surface area contributed by atoms with E-state index >= 15 is 0 Å². The highest BCUT2D eigenvalue weighted by Crippen LogP contribution is 2.48. The average molecular weight is 400 g/mol. The first-order valence-corrected chi connectivity index (χ1v) is 10.3. The zero-order chi connectivity index (χ0) is 19.7. The lowest BCUT2D eigenvalue weighted by molar-refractivity contribution is -0.142. The number of halogens is 1. The van der Waals surface area contributed by atoms with Crippen molar-refractivity contribution in [1.82, 2.24) is 5.32 Å². The Balaban J connectivity index is 1.76. The molecule has 0 radical (unpaired) electrons. The van der Waals surface area contributed by atoms with Crippen molar-refractivity contribution < 1.29 is 9.53 Å². The summed E-state index contributed by atoms with van der Waals surface area (Å²) in [6.07, 6.45) is 2.06. The van der Waals surface area contributed by atoms with Gasteiger partial charge in [0.25, 0.3) is 0 Å². The Labute approximate surface area is 171 Å². The molecule has 0 aliphatic carbocycles.